The highest BCUT2D eigenvalue weighted by Gasteiger charge is 2.15. The van der Waals surface area contributed by atoms with Crippen molar-refractivity contribution in [3.63, 3.8) is 0 Å². The van der Waals surface area contributed by atoms with Gasteiger partial charge < -0.3 is 15.0 Å². The fourth-order valence-corrected chi connectivity index (χ4v) is 1.90. The fourth-order valence-electron chi connectivity index (χ4n) is 1.90. The largest absolute Gasteiger partial charge is 0.493 e. The summed E-state index contributed by atoms with van der Waals surface area (Å²) in [6.07, 6.45) is 0.235. The fraction of sp³-hybridized carbons (Fsp3) is 0.462. The number of piperazine rings is 1. The minimum absolute atomic E-state index is 0.0177. The van der Waals surface area contributed by atoms with E-state index in [1.807, 2.05) is 0 Å². The van der Waals surface area contributed by atoms with Crippen LogP contribution in [0.2, 0.25) is 0 Å². The van der Waals surface area contributed by atoms with Crippen LogP contribution in [0.1, 0.15) is 6.42 Å². The summed E-state index contributed by atoms with van der Waals surface area (Å²) in [5, 5.41) is 3.16. The van der Waals surface area contributed by atoms with Crippen molar-refractivity contribution < 1.29 is 18.3 Å². The topological polar surface area (TPSA) is 41.6 Å². The predicted octanol–water partition coefficient (Wildman–Crippen LogP) is 1.17. The molecule has 1 N–H and O–H groups in total. The first-order valence-electron chi connectivity index (χ1n) is 6.23. The lowest BCUT2D eigenvalue weighted by atomic mass is 10.3. The summed E-state index contributed by atoms with van der Waals surface area (Å²) in [6.45, 7) is 3.16. The summed E-state index contributed by atoms with van der Waals surface area (Å²) < 4.78 is 30.8. The van der Waals surface area contributed by atoms with Crippen molar-refractivity contribution >= 4 is 5.91 Å². The quantitative estimate of drug-likeness (QED) is 0.893. The van der Waals surface area contributed by atoms with Crippen molar-refractivity contribution in [1.82, 2.24) is 10.2 Å². The molecule has 0 atom stereocenters. The van der Waals surface area contributed by atoms with Crippen molar-refractivity contribution in [1.29, 1.82) is 0 Å². The normalized spacial score (nSPS) is 15.4. The molecule has 104 valence electrons. The number of benzene rings is 1. The molecule has 1 aliphatic rings. The lowest BCUT2D eigenvalue weighted by molar-refractivity contribution is -0.132. The van der Waals surface area contributed by atoms with Gasteiger partial charge in [-0.2, -0.15) is 0 Å². The number of nitrogens with one attached hydrogen (secondary N) is 1. The monoisotopic (exact) mass is 270 g/mol. The van der Waals surface area contributed by atoms with Crippen molar-refractivity contribution in [2.45, 2.75) is 6.42 Å². The van der Waals surface area contributed by atoms with E-state index in [9.17, 15) is 13.6 Å². The van der Waals surface area contributed by atoms with E-state index in [1.165, 1.54) is 6.07 Å². The van der Waals surface area contributed by atoms with Crippen LogP contribution in [-0.4, -0.2) is 43.6 Å². The van der Waals surface area contributed by atoms with Crippen molar-refractivity contribution in [3.05, 3.63) is 29.8 Å². The Hall–Kier alpha value is -1.69. The van der Waals surface area contributed by atoms with Gasteiger partial charge in [0, 0.05) is 32.2 Å². The Morgan fingerprint density at radius 1 is 1.26 bits per heavy atom. The molecule has 1 aromatic carbocycles. The van der Waals surface area contributed by atoms with Gasteiger partial charge in [-0.25, -0.2) is 8.78 Å². The average Bonchev–Trinajstić information content (AvgIpc) is 2.43. The number of nitrogens with zero attached hydrogens (tertiary/aromatic N) is 1. The Balaban J connectivity index is 1.76. The second-order valence-corrected chi connectivity index (χ2v) is 4.31. The SMILES string of the molecule is O=C(CCOc1ccc(F)c(F)c1)N1CCNCC1. The lowest BCUT2D eigenvalue weighted by Crippen LogP contribution is -2.46. The molecule has 19 heavy (non-hydrogen) atoms. The molecule has 0 saturated carbocycles. The molecule has 0 radical (unpaired) electrons. The van der Waals surface area contributed by atoms with Crippen LogP contribution in [-0.2, 0) is 4.79 Å². The van der Waals surface area contributed by atoms with Gasteiger partial charge in [0.1, 0.15) is 5.75 Å². The van der Waals surface area contributed by atoms with Crippen molar-refractivity contribution in [3.8, 4) is 5.75 Å². The molecule has 1 saturated heterocycles. The molecule has 6 heteroatoms. The molecule has 1 amide bonds. The molecule has 0 unspecified atom stereocenters. The standard InChI is InChI=1S/C13H16F2N2O2/c14-11-2-1-10(9-12(11)15)19-8-3-13(18)17-6-4-16-5-7-17/h1-2,9,16H,3-8H2. The number of amides is 1. The van der Waals surface area contributed by atoms with Gasteiger partial charge in [0.15, 0.2) is 11.6 Å². The van der Waals surface area contributed by atoms with Crippen LogP contribution in [0.15, 0.2) is 18.2 Å². The van der Waals surface area contributed by atoms with Gasteiger partial charge in [0.2, 0.25) is 5.91 Å². The maximum absolute atomic E-state index is 12.9. The first-order chi connectivity index (χ1) is 9.16. The lowest BCUT2D eigenvalue weighted by Gasteiger charge is -2.27. The van der Waals surface area contributed by atoms with Crippen LogP contribution in [0, 0.1) is 11.6 Å². The van der Waals surface area contributed by atoms with E-state index in [4.69, 9.17) is 4.74 Å². The first kappa shape index (κ1) is 13.7. The highest BCUT2D eigenvalue weighted by atomic mass is 19.2. The Morgan fingerprint density at radius 3 is 2.68 bits per heavy atom. The zero-order chi connectivity index (χ0) is 13.7. The van der Waals surface area contributed by atoms with E-state index in [-0.39, 0.29) is 24.7 Å². The molecular weight excluding hydrogens is 254 g/mol. The number of carbonyl (C=O) groups is 1. The predicted molar refractivity (Wildman–Crippen MR) is 65.9 cm³/mol. The van der Waals surface area contributed by atoms with Gasteiger partial charge in [0.05, 0.1) is 13.0 Å². The highest BCUT2D eigenvalue weighted by Crippen LogP contribution is 2.15. The van der Waals surface area contributed by atoms with Crippen LogP contribution in [0.4, 0.5) is 8.78 Å². The molecule has 2 rings (SSSR count). The number of hydrogen-bond donors (Lipinski definition) is 1. The maximum atomic E-state index is 12.9. The van der Waals surface area contributed by atoms with E-state index in [1.54, 1.807) is 4.90 Å². The molecule has 1 aliphatic heterocycles. The van der Waals surface area contributed by atoms with Gasteiger partial charge >= 0.3 is 0 Å². The van der Waals surface area contributed by atoms with E-state index >= 15 is 0 Å². The Kier molecular flexibility index (Phi) is 4.68. The van der Waals surface area contributed by atoms with Crippen LogP contribution in [0.5, 0.6) is 5.75 Å². The molecule has 0 spiro atoms. The summed E-state index contributed by atoms with van der Waals surface area (Å²) in [4.78, 5) is 13.6. The molecule has 1 heterocycles. The second kappa shape index (κ2) is 6.47. The van der Waals surface area contributed by atoms with E-state index in [0.717, 1.165) is 25.2 Å². The van der Waals surface area contributed by atoms with Crippen molar-refractivity contribution in [2.24, 2.45) is 0 Å². The van der Waals surface area contributed by atoms with E-state index in [0.29, 0.717) is 13.1 Å². The second-order valence-electron chi connectivity index (χ2n) is 4.31. The van der Waals surface area contributed by atoms with Crippen LogP contribution in [0.25, 0.3) is 0 Å². The molecule has 4 nitrogen and oxygen atoms in total. The third-order valence-corrected chi connectivity index (χ3v) is 2.95. The van der Waals surface area contributed by atoms with Crippen LogP contribution < -0.4 is 10.1 Å². The van der Waals surface area contributed by atoms with Crippen molar-refractivity contribution in [2.75, 3.05) is 32.8 Å². The smallest absolute Gasteiger partial charge is 0.226 e. The first-order valence-corrected chi connectivity index (χ1v) is 6.23. The number of rotatable bonds is 4. The maximum Gasteiger partial charge on any atom is 0.226 e. The zero-order valence-corrected chi connectivity index (χ0v) is 10.5. The Labute approximate surface area is 110 Å². The molecule has 1 fully saturated rings. The Morgan fingerprint density at radius 2 is 2.00 bits per heavy atom. The molecule has 1 aromatic rings. The van der Waals surface area contributed by atoms with E-state index in [2.05, 4.69) is 5.32 Å². The summed E-state index contributed by atoms with van der Waals surface area (Å²) in [5.74, 6) is -1.62. The minimum atomic E-state index is -0.953. The van der Waals surface area contributed by atoms with Crippen LogP contribution in [0.3, 0.4) is 0 Å². The summed E-state index contributed by atoms with van der Waals surface area (Å²) in [6, 6.07) is 3.32. The molecule has 0 aromatic heterocycles. The van der Waals surface area contributed by atoms with Gasteiger partial charge in [-0.1, -0.05) is 0 Å². The number of ether oxygens (including phenoxy) is 1. The zero-order valence-electron chi connectivity index (χ0n) is 10.5. The average molecular weight is 270 g/mol. The highest BCUT2D eigenvalue weighted by molar-refractivity contribution is 5.76. The van der Waals surface area contributed by atoms with Gasteiger partial charge in [-0.3, -0.25) is 4.79 Å². The third kappa shape index (κ3) is 3.89. The number of carbonyl (C=O) groups excluding carboxylic acids is 1. The van der Waals surface area contributed by atoms with Gasteiger partial charge in [-0.05, 0) is 12.1 Å². The number of hydrogen-bond acceptors (Lipinski definition) is 3. The Bertz CT molecular complexity index is 448. The summed E-state index contributed by atoms with van der Waals surface area (Å²) in [7, 11) is 0. The summed E-state index contributed by atoms with van der Waals surface area (Å²) >= 11 is 0. The molecular formula is C13H16F2N2O2. The van der Waals surface area contributed by atoms with Crippen LogP contribution >= 0.6 is 0 Å². The van der Waals surface area contributed by atoms with Gasteiger partial charge in [0.25, 0.3) is 0 Å². The van der Waals surface area contributed by atoms with Gasteiger partial charge in [-0.15, -0.1) is 0 Å². The molecule has 0 bridgehead atoms. The minimum Gasteiger partial charge on any atom is -0.493 e. The third-order valence-electron chi connectivity index (χ3n) is 2.95. The number of halogens is 2. The van der Waals surface area contributed by atoms with E-state index < -0.39 is 11.6 Å². The summed E-state index contributed by atoms with van der Waals surface area (Å²) in [5.41, 5.74) is 0. The molecule has 0 aliphatic carbocycles.